The number of benzene rings is 1. The Hall–Kier alpha value is -1.83. The van der Waals surface area contributed by atoms with Crippen LogP contribution in [0.1, 0.15) is 36.2 Å². The standard InChI is InChI=1S/C20H24N2OS/c1-4-11-22-12-9-16(10-13-22)20(23)21-15(3)19-14(2)17-7-5-6-8-18(17)24-19/h1,5-8,15-16H,9-13H2,2-3H3,(H,21,23)/t15-/m0/s1. The fourth-order valence-corrected chi connectivity index (χ4v) is 4.70. The second-order valence-corrected chi connectivity index (χ2v) is 7.66. The molecule has 1 atom stereocenters. The number of rotatable bonds is 4. The highest BCUT2D eigenvalue weighted by Gasteiger charge is 2.26. The summed E-state index contributed by atoms with van der Waals surface area (Å²) in [4.78, 5) is 16.1. The van der Waals surface area contributed by atoms with Gasteiger partial charge in [-0.25, -0.2) is 0 Å². The van der Waals surface area contributed by atoms with E-state index in [0.29, 0.717) is 6.54 Å². The number of fused-ring (bicyclic) bond motifs is 1. The van der Waals surface area contributed by atoms with Crippen LogP contribution in [0.25, 0.3) is 10.1 Å². The van der Waals surface area contributed by atoms with E-state index in [0.717, 1.165) is 25.9 Å². The molecular formula is C20H24N2OS. The summed E-state index contributed by atoms with van der Waals surface area (Å²) in [6.07, 6.45) is 7.15. The molecule has 0 unspecified atom stereocenters. The van der Waals surface area contributed by atoms with Gasteiger partial charge in [-0.2, -0.15) is 0 Å². The molecule has 1 aromatic carbocycles. The van der Waals surface area contributed by atoms with Crippen LogP contribution in [0, 0.1) is 25.2 Å². The SMILES string of the molecule is C#CCN1CCC(C(=O)N[C@@H](C)c2sc3ccccc3c2C)CC1. The lowest BCUT2D eigenvalue weighted by molar-refractivity contribution is -0.127. The molecule has 1 aliphatic heterocycles. The van der Waals surface area contributed by atoms with E-state index in [1.165, 1.54) is 20.5 Å². The van der Waals surface area contributed by atoms with Crippen molar-refractivity contribution in [3.63, 3.8) is 0 Å². The number of likely N-dealkylation sites (tertiary alicyclic amines) is 1. The summed E-state index contributed by atoms with van der Waals surface area (Å²) >= 11 is 1.78. The van der Waals surface area contributed by atoms with Crippen LogP contribution in [-0.2, 0) is 4.79 Å². The molecule has 1 amide bonds. The number of thiophene rings is 1. The minimum Gasteiger partial charge on any atom is -0.349 e. The molecule has 1 aromatic heterocycles. The summed E-state index contributed by atoms with van der Waals surface area (Å²) in [5, 5.41) is 4.52. The van der Waals surface area contributed by atoms with Crippen LogP contribution in [-0.4, -0.2) is 30.4 Å². The van der Waals surface area contributed by atoms with Crippen LogP contribution in [0.4, 0.5) is 0 Å². The van der Waals surface area contributed by atoms with Crippen LogP contribution in [0.2, 0.25) is 0 Å². The first-order chi connectivity index (χ1) is 11.6. The molecule has 0 spiro atoms. The van der Waals surface area contributed by atoms with Gasteiger partial charge in [0.1, 0.15) is 0 Å². The van der Waals surface area contributed by atoms with E-state index in [2.05, 4.69) is 54.3 Å². The van der Waals surface area contributed by atoms with Gasteiger partial charge in [-0.05, 0) is 56.8 Å². The van der Waals surface area contributed by atoms with E-state index in [9.17, 15) is 4.79 Å². The summed E-state index contributed by atoms with van der Waals surface area (Å²) in [6, 6.07) is 8.49. The van der Waals surface area contributed by atoms with Crippen molar-refractivity contribution in [1.82, 2.24) is 10.2 Å². The molecule has 0 bridgehead atoms. The van der Waals surface area contributed by atoms with E-state index in [1.54, 1.807) is 11.3 Å². The quantitative estimate of drug-likeness (QED) is 0.860. The van der Waals surface area contributed by atoms with E-state index >= 15 is 0 Å². The number of aryl methyl sites for hydroxylation is 1. The number of amides is 1. The number of carbonyl (C=O) groups is 1. The zero-order valence-electron chi connectivity index (χ0n) is 14.3. The molecule has 2 aromatic rings. The molecular weight excluding hydrogens is 316 g/mol. The second kappa shape index (κ2) is 7.38. The Morgan fingerprint density at radius 2 is 2.12 bits per heavy atom. The topological polar surface area (TPSA) is 32.3 Å². The average molecular weight is 340 g/mol. The molecule has 2 heterocycles. The van der Waals surface area contributed by atoms with Crippen molar-refractivity contribution in [3.8, 4) is 12.3 Å². The molecule has 4 heteroatoms. The van der Waals surface area contributed by atoms with Crippen LogP contribution in [0.3, 0.4) is 0 Å². The number of carbonyl (C=O) groups excluding carboxylic acids is 1. The van der Waals surface area contributed by atoms with Crippen molar-refractivity contribution in [1.29, 1.82) is 0 Å². The van der Waals surface area contributed by atoms with Crippen molar-refractivity contribution in [2.75, 3.05) is 19.6 Å². The van der Waals surface area contributed by atoms with Crippen molar-refractivity contribution in [2.45, 2.75) is 32.7 Å². The lowest BCUT2D eigenvalue weighted by Gasteiger charge is -2.30. The van der Waals surface area contributed by atoms with Gasteiger partial charge in [0, 0.05) is 15.5 Å². The summed E-state index contributed by atoms with van der Waals surface area (Å²) < 4.78 is 1.29. The predicted molar refractivity (Wildman–Crippen MR) is 101 cm³/mol. The Bertz CT molecular complexity index is 766. The van der Waals surface area contributed by atoms with Gasteiger partial charge in [0.05, 0.1) is 12.6 Å². The Morgan fingerprint density at radius 3 is 2.79 bits per heavy atom. The van der Waals surface area contributed by atoms with Gasteiger partial charge in [-0.3, -0.25) is 9.69 Å². The van der Waals surface area contributed by atoms with Crippen LogP contribution in [0.15, 0.2) is 24.3 Å². The molecule has 126 valence electrons. The zero-order chi connectivity index (χ0) is 17.1. The van der Waals surface area contributed by atoms with E-state index in [1.807, 2.05) is 0 Å². The Morgan fingerprint density at radius 1 is 1.42 bits per heavy atom. The lowest BCUT2D eigenvalue weighted by Crippen LogP contribution is -2.41. The molecule has 0 aliphatic carbocycles. The maximum absolute atomic E-state index is 12.6. The van der Waals surface area contributed by atoms with Crippen LogP contribution in [0.5, 0.6) is 0 Å². The van der Waals surface area contributed by atoms with Gasteiger partial charge < -0.3 is 5.32 Å². The molecule has 0 saturated carbocycles. The van der Waals surface area contributed by atoms with Gasteiger partial charge in [-0.15, -0.1) is 17.8 Å². The monoisotopic (exact) mass is 340 g/mol. The van der Waals surface area contributed by atoms with Gasteiger partial charge in [0.15, 0.2) is 0 Å². The van der Waals surface area contributed by atoms with Gasteiger partial charge in [0.2, 0.25) is 5.91 Å². The fourth-order valence-electron chi connectivity index (χ4n) is 3.49. The molecule has 1 saturated heterocycles. The third-order valence-electron chi connectivity index (χ3n) is 4.91. The number of nitrogens with zero attached hydrogens (tertiary/aromatic N) is 1. The Kier molecular flexibility index (Phi) is 5.23. The lowest BCUT2D eigenvalue weighted by atomic mass is 9.95. The summed E-state index contributed by atoms with van der Waals surface area (Å²) in [6.45, 7) is 6.75. The van der Waals surface area contributed by atoms with Gasteiger partial charge >= 0.3 is 0 Å². The summed E-state index contributed by atoms with van der Waals surface area (Å²) in [5.41, 5.74) is 1.28. The molecule has 0 radical (unpaired) electrons. The van der Waals surface area contributed by atoms with Crippen LogP contribution >= 0.6 is 11.3 Å². The van der Waals surface area contributed by atoms with Gasteiger partial charge in [0.25, 0.3) is 0 Å². The minimum atomic E-state index is 0.0543. The molecule has 1 fully saturated rings. The zero-order valence-corrected chi connectivity index (χ0v) is 15.2. The normalized spacial score (nSPS) is 17.5. The number of nitrogens with one attached hydrogen (secondary N) is 1. The highest BCUT2D eigenvalue weighted by molar-refractivity contribution is 7.19. The Labute approximate surface area is 148 Å². The van der Waals surface area contributed by atoms with Crippen molar-refractivity contribution >= 4 is 27.3 Å². The summed E-state index contributed by atoms with van der Waals surface area (Å²) in [7, 11) is 0. The number of hydrogen-bond acceptors (Lipinski definition) is 3. The number of terminal acetylenes is 1. The minimum absolute atomic E-state index is 0.0543. The maximum atomic E-state index is 12.6. The maximum Gasteiger partial charge on any atom is 0.223 e. The smallest absolute Gasteiger partial charge is 0.223 e. The third-order valence-corrected chi connectivity index (χ3v) is 6.36. The second-order valence-electron chi connectivity index (χ2n) is 6.57. The predicted octanol–water partition coefficient (Wildman–Crippen LogP) is 3.73. The molecule has 1 aliphatic rings. The average Bonchev–Trinajstić information content (AvgIpc) is 2.93. The van der Waals surface area contributed by atoms with Crippen molar-refractivity contribution in [3.05, 3.63) is 34.7 Å². The highest BCUT2D eigenvalue weighted by atomic mass is 32.1. The third kappa shape index (κ3) is 3.48. The first-order valence-corrected chi connectivity index (χ1v) is 9.36. The van der Waals surface area contributed by atoms with E-state index in [-0.39, 0.29) is 17.9 Å². The van der Waals surface area contributed by atoms with Crippen molar-refractivity contribution < 1.29 is 4.79 Å². The largest absolute Gasteiger partial charge is 0.349 e. The van der Waals surface area contributed by atoms with E-state index in [4.69, 9.17) is 6.42 Å². The van der Waals surface area contributed by atoms with Gasteiger partial charge in [-0.1, -0.05) is 24.1 Å². The molecule has 3 rings (SSSR count). The number of hydrogen-bond donors (Lipinski definition) is 1. The summed E-state index contributed by atoms with van der Waals surface area (Å²) in [5.74, 6) is 2.97. The van der Waals surface area contributed by atoms with Crippen LogP contribution < -0.4 is 5.32 Å². The molecule has 3 nitrogen and oxygen atoms in total. The first kappa shape index (κ1) is 17.0. The molecule has 24 heavy (non-hydrogen) atoms. The van der Waals surface area contributed by atoms with Crippen molar-refractivity contribution in [2.24, 2.45) is 5.92 Å². The molecule has 1 N–H and O–H groups in total. The highest BCUT2D eigenvalue weighted by Crippen LogP contribution is 2.34. The first-order valence-electron chi connectivity index (χ1n) is 8.54. The van der Waals surface area contributed by atoms with E-state index < -0.39 is 0 Å². The number of piperidine rings is 1. The Balaban J connectivity index is 1.64. The fraction of sp³-hybridized carbons (Fsp3) is 0.450.